The van der Waals surface area contributed by atoms with Gasteiger partial charge in [0, 0.05) is 68.7 Å². The molecule has 1 aliphatic rings. The molecule has 0 bridgehead atoms. The Labute approximate surface area is 213 Å². The first-order chi connectivity index (χ1) is 17.4. The minimum absolute atomic E-state index is 0.0835. The highest BCUT2D eigenvalue weighted by Gasteiger charge is 2.28. The molecule has 3 heterocycles. The smallest absolute Gasteiger partial charge is 0.251 e. The number of hydrogen-bond donors (Lipinski definition) is 2. The highest BCUT2D eigenvalue weighted by atomic mass is 16.5. The van der Waals surface area contributed by atoms with Gasteiger partial charge in [0.1, 0.15) is 0 Å². The number of likely N-dealkylation sites (tertiary alicyclic amines) is 1. The van der Waals surface area contributed by atoms with Crippen molar-refractivity contribution >= 4 is 5.91 Å². The highest BCUT2D eigenvalue weighted by molar-refractivity contribution is 5.95. The largest absolute Gasteiger partial charge is 0.381 e. The molecule has 1 aromatic carbocycles. The van der Waals surface area contributed by atoms with E-state index in [-0.39, 0.29) is 18.1 Å². The van der Waals surface area contributed by atoms with Crippen molar-refractivity contribution < 1.29 is 9.53 Å². The summed E-state index contributed by atoms with van der Waals surface area (Å²) < 4.78 is 9.27. The maximum absolute atomic E-state index is 13.4. The van der Waals surface area contributed by atoms with E-state index >= 15 is 0 Å². The first-order valence-electron chi connectivity index (χ1n) is 12.8. The van der Waals surface area contributed by atoms with E-state index in [4.69, 9.17) is 10.1 Å². The average molecular weight is 491 g/mol. The monoisotopic (exact) mass is 490 g/mol. The second-order valence-electron chi connectivity index (χ2n) is 9.70. The fourth-order valence-corrected chi connectivity index (χ4v) is 5.09. The van der Waals surface area contributed by atoms with Gasteiger partial charge < -0.3 is 19.2 Å². The lowest BCUT2D eigenvalue weighted by atomic mass is 9.97. The number of imidazole rings is 1. The number of nitrogens with zero attached hydrogens (tertiary/aromatic N) is 4. The summed E-state index contributed by atoms with van der Waals surface area (Å²) in [4.78, 5) is 20.3. The van der Waals surface area contributed by atoms with E-state index in [0.717, 1.165) is 54.7 Å². The van der Waals surface area contributed by atoms with Crippen LogP contribution in [0.5, 0.6) is 0 Å². The molecule has 2 N–H and O–H groups in total. The van der Waals surface area contributed by atoms with Crippen molar-refractivity contribution in [2.45, 2.75) is 51.8 Å². The van der Waals surface area contributed by atoms with Crippen molar-refractivity contribution in [3.05, 3.63) is 71.4 Å². The number of ether oxygens (including phenoxy) is 1. The second kappa shape index (κ2) is 11.7. The molecule has 2 aromatic heterocycles. The predicted octanol–water partition coefficient (Wildman–Crippen LogP) is 3.34. The number of methoxy groups -OCH3 is 1. The van der Waals surface area contributed by atoms with Crippen LogP contribution in [0.2, 0.25) is 0 Å². The van der Waals surface area contributed by atoms with E-state index in [9.17, 15) is 4.79 Å². The summed E-state index contributed by atoms with van der Waals surface area (Å²) in [7, 11) is 3.63. The van der Waals surface area contributed by atoms with Crippen LogP contribution in [0.1, 0.15) is 47.8 Å². The quantitative estimate of drug-likeness (QED) is 0.482. The van der Waals surface area contributed by atoms with Crippen LogP contribution in [0.25, 0.3) is 11.1 Å². The Morgan fingerprint density at radius 2 is 2.11 bits per heavy atom. The van der Waals surface area contributed by atoms with Crippen LogP contribution >= 0.6 is 0 Å². The fraction of sp³-hybridized carbons (Fsp3) is 0.464. The van der Waals surface area contributed by atoms with Crippen molar-refractivity contribution in [2.24, 2.45) is 7.05 Å². The molecule has 1 amide bonds. The van der Waals surface area contributed by atoms with Gasteiger partial charge >= 0.3 is 0 Å². The number of carbonyl (C=O) groups is 1. The minimum Gasteiger partial charge on any atom is -0.381 e. The van der Waals surface area contributed by atoms with Crippen LogP contribution in [0, 0.1) is 12.3 Å². The van der Waals surface area contributed by atoms with Crippen molar-refractivity contribution in [3.8, 4) is 11.1 Å². The Morgan fingerprint density at radius 3 is 2.81 bits per heavy atom. The molecule has 1 saturated heterocycles. The molecule has 3 aromatic rings. The fourth-order valence-electron chi connectivity index (χ4n) is 5.09. The number of rotatable bonds is 9. The molecule has 192 valence electrons. The highest BCUT2D eigenvalue weighted by Crippen LogP contribution is 2.25. The minimum atomic E-state index is -0.0835. The Balaban J connectivity index is 1.59. The third-order valence-electron chi connectivity index (χ3n) is 7.13. The van der Waals surface area contributed by atoms with E-state index < -0.39 is 0 Å². The summed E-state index contributed by atoms with van der Waals surface area (Å²) in [5.74, 6) is -0.0835. The van der Waals surface area contributed by atoms with Crippen molar-refractivity contribution in [3.63, 3.8) is 0 Å². The molecule has 0 spiro atoms. The Bertz CT molecular complexity index is 1250. The zero-order valence-corrected chi connectivity index (χ0v) is 21.8. The SMILES string of the molecule is CCCN1CCC(OC)CC1CNC(=O)c1cc(Cn2ccn(C)c2=N)cc(-c2cccnc2C)c1. The number of pyridine rings is 1. The molecule has 0 radical (unpaired) electrons. The number of nitrogens with one attached hydrogen (secondary N) is 2. The first-order valence-corrected chi connectivity index (χ1v) is 12.8. The van der Waals surface area contributed by atoms with Crippen LogP contribution in [-0.2, 0) is 18.3 Å². The number of aromatic nitrogens is 3. The molecule has 2 atom stereocenters. The summed E-state index contributed by atoms with van der Waals surface area (Å²) in [6, 6.07) is 10.2. The number of aryl methyl sites for hydroxylation is 2. The number of piperidine rings is 1. The van der Waals surface area contributed by atoms with Gasteiger partial charge in [-0.25, -0.2) is 0 Å². The van der Waals surface area contributed by atoms with Crippen LogP contribution in [0.15, 0.2) is 48.9 Å². The van der Waals surface area contributed by atoms with Crippen LogP contribution in [0.4, 0.5) is 0 Å². The van der Waals surface area contributed by atoms with Crippen molar-refractivity contribution in [1.82, 2.24) is 24.3 Å². The molecule has 0 saturated carbocycles. The molecule has 36 heavy (non-hydrogen) atoms. The van der Waals surface area contributed by atoms with E-state index in [1.807, 2.05) is 55.2 Å². The van der Waals surface area contributed by atoms with Crippen LogP contribution in [0.3, 0.4) is 0 Å². The normalized spacial score (nSPS) is 18.3. The molecule has 8 nitrogen and oxygen atoms in total. The van der Waals surface area contributed by atoms with Gasteiger partial charge in [0.05, 0.1) is 12.6 Å². The Kier molecular flexibility index (Phi) is 8.38. The summed E-state index contributed by atoms with van der Waals surface area (Å²) in [5.41, 5.74) is 4.87. The molecular weight excluding hydrogens is 452 g/mol. The summed E-state index contributed by atoms with van der Waals surface area (Å²) in [6.07, 6.45) is 8.83. The lowest BCUT2D eigenvalue weighted by Gasteiger charge is -2.39. The third-order valence-corrected chi connectivity index (χ3v) is 7.13. The molecular formula is C28H38N6O2. The van der Waals surface area contributed by atoms with Gasteiger partial charge in [0.2, 0.25) is 5.62 Å². The average Bonchev–Trinajstić information content (AvgIpc) is 3.20. The molecule has 8 heteroatoms. The topological polar surface area (TPSA) is 88.2 Å². The zero-order chi connectivity index (χ0) is 25.7. The zero-order valence-electron chi connectivity index (χ0n) is 21.8. The number of amides is 1. The first kappa shape index (κ1) is 25.9. The number of benzene rings is 1. The third kappa shape index (κ3) is 5.94. The lowest BCUT2D eigenvalue weighted by Crippen LogP contribution is -2.50. The van der Waals surface area contributed by atoms with E-state index in [0.29, 0.717) is 24.3 Å². The maximum atomic E-state index is 13.4. The molecule has 1 fully saturated rings. The van der Waals surface area contributed by atoms with Gasteiger partial charge in [-0.2, -0.15) is 0 Å². The summed E-state index contributed by atoms with van der Waals surface area (Å²) >= 11 is 0. The van der Waals surface area contributed by atoms with Crippen LogP contribution in [-0.4, -0.2) is 63.8 Å². The van der Waals surface area contributed by atoms with E-state index in [2.05, 4.69) is 28.2 Å². The molecule has 2 unspecified atom stereocenters. The lowest BCUT2D eigenvalue weighted by molar-refractivity contribution is 0.0112. The molecule has 1 aliphatic heterocycles. The standard InChI is InChI=1S/C28H38N6O2/c1-5-10-33-11-8-25(36-4)17-24(33)18-31-27(35)23-15-21(19-34-13-12-32(3)28(34)29)14-22(16-23)26-7-6-9-30-20(26)2/h6-7,9,12-16,24-25,29H,5,8,10-11,17-19H2,1-4H3,(H,31,35). The Hall–Kier alpha value is -3.23. The van der Waals surface area contributed by atoms with Gasteiger partial charge in [0.15, 0.2) is 0 Å². The van der Waals surface area contributed by atoms with Gasteiger partial charge in [-0.1, -0.05) is 13.0 Å². The summed E-state index contributed by atoms with van der Waals surface area (Å²) in [6.45, 7) is 7.30. The predicted molar refractivity (Wildman–Crippen MR) is 141 cm³/mol. The maximum Gasteiger partial charge on any atom is 0.251 e. The van der Waals surface area contributed by atoms with Crippen molar-refractivity contribution in [1.29, 1.82) is 5.41 Å². The van der Waals surface area contributed by atoms with Gasteiger partial charge in [-0.15, -0.1) is 0 Å². The summed E-state index contributed by atoms with van der Waals surface area (Å²) in [5, 5.41) is 11.5. The van der Waals surface area contributed by atoms with E-state index in [1.54, 1.807) is 17.9 Å². The van der Waals surface area contributed by atoms with Crippen molar-refractivity contribution in [2.75, 3.05) is 26.7 Å². The second-order valence-corrected chi connectivity index (χ2v) is 9.70. The van der Waals surface area contributed by atoms with Crippen LogP contribution < -0.4 is 10.9 Å². The number of hydrogen-bond acceptors (Lipinski definition) is 5. The molecule has 0 aliphatic carbocycles. The van der Waals surface area contributed by atoms with Gasteiger partial charge in [-0.05, 0) is 68.1 Å². The van der Waals surface area contributed by atoms with E-state index in [1.165, 1.54) is 0 Å². The van der Waals surface area contributed by atoms with Gasteiger partial charge in [-0.3, -0.25) is 20.1 Å². The Morgan fingerprint density at radius 1 is 1.28 bits per heavy atom. The molecule has 4 rings (SSSR count). The number of carbonyl (C=O) groups excluding carboxylic acids is 1. The van der Waals surface area contributed by atoms with Gasteiger partial charge in [0.25, 0.3) is 5.91 Å².